The fourth-order valence-electron chi connectivity index (χ4n) is 4.26. The van der Waals surface area contributed by atoms with E-state index in [1.807, 2.05) is 43.0 Å². The number of aliphatic hydroxyl groups excluding tert-OH is 1. The molecule has 2 aliphatic heterocycles. The number of benzene rings is 1. The van der Waals surface area contributed by atoms with Crippen LogP contribution in [0.4, 0.5) is 0 Å². The molecule has 0 saturated carbocycles. The van der Waals surface area contributed by atoms with Gasteiger partial charge in [-0.2, -0.15) is 0 Å². The average Bonchev–Trinajstić information content (AvgIpc) is 3.30. The number of piperazine rings is 1. The zero-order chi connectivity index (χ0) is 21.5. The number of aliphatic hydroxyl groups is 1. The lowest BCUT2D eigenvalue weighted by atomic mass is 10.1. The number of likely N-dealkylation sites (tertiary alicyclic amines) is 1. The number of aryl methyl sites for hydroxylation is 1. The second-order valence-corrected chi connectivity index (χ2v) is 8.36. The summed E-state index contributed by atoms with van der Waals surface area (Å²) < 4.78 is 0. The number of hydrogen-bond donors (Lipinski definition) is 2. The molecule has 2 heterocycles. The fraction of sp³-hybridized carbons (Fsp3) is 0.652. The van der Waals surface area contributed by atoms with E-state index in [1.165, 1.54) is 0 Å². The van der Waals surface area contributed by atoms with Crippen LogP contribution < -0.4 is 5.32 Å². The SMILES string of the molecule is CCNC(=NCC(O)c1cccc(C)c1)N1CCN(C(C)C(=O)N2CCCC2)CC1.I. The molecule has 7 nitrogen and oxygen atoms in total. The van der Waals surface area contributed by atoms with E-state index in [-0.39, 0.29) is 35.9 Å². The molecule has 1 aromatic carbocycles. The number of hydrogen-bond acceptors (Lipinski definition) is 4. The van der Waals surface area contributed by atoms with Gasteiger partial charge in [-0.15, -0.1) is 24.0 Å². The van der Waals surface area contributed by atoms with Gasteiger partial charge in [0.2, 0.25) is 5.91 Å². The minimum absolute atomic E-state index is 0. The summed E-state index contributed by atoms with van der Waals surface area (Å²) in [5.41, 5.74) is 2.03. The van der Waals surface area contributed by atoms with Gasteiger partial charge < -0.3 is 20.2 Å². The molecule has 174 valence electrons. The van der Waals surface area contributed by atoms with Crippen molar-refractivity contribution in [2.75, 3.05) is 52.4 Å². The molecule has 0 spiro atoms. The largest absolute Gasteiger partial charge is 0.386 e. The van der Waals surface area contributed by atoms with Crippen LogP contribution in [-0.4, -0.2) is 90.1 Å². The smallest absolute Gasteiger partial charge is 0.239 e. The lowest BCUT2D eigenvalue weighted by Crippen LogP contribution is -2.57. The van der Waals surface area contributed by atoms with Gasteiger partial charge in [0.25, 0.3) is 0 Å². The Labute approximate surface area is 203 Å². The number of nitrogens with one attached hydrogen (secondary N) is 1. The molecule has 2 fully saturated rings. The summed E-state index contributed by atoms with van der Waals surface area (Å²) >= 11 is 0. The van der Waals surface area contributed by atoms with Gasteiger partial charge in [0, 0.05) is 45.8 Å². The quantitative estimate of drug-likeness (QED) is 0.327. The molecule has 2 unspecified atom stereocenters. The van der Waals surface area contributed by atoms with Crippen molar-refractivity contribution in [2.24, 2.45) is 4.99 Å². The Morgan fingerprint density at radius 1 is 1.13 bits per heavy atom. The van der Waals surface area contributed by atoms with Gasteiger partial charge in [-0.3, -0.25) is 14.7 Å². The van der Waals surface area contributed by atoms with Crippen LogP contribution in [0.3, 0.4) is 0 Å². The van der Waals surface area contributed by atoms with Crippen molar-refractivity contribution in [1.82, 2.24) is 20.0 Å². The summed E-state index contributed by atoms with van der Waals surface area (Å²) in [6.45, 7) is 12.4. The molecule has 0 aliphatic carbocycles. The van der Waals surface area contributed by atoms with Crippen LogP contribution in [-0.2, 0) is 4.79 Å². The molecule has 1 amide bonds. The summed E-state index contributed by atoms with van der Waals surface area (Å²) in [6.07, 6.45) is 1.64. The minimum Gasteiger partial charge on any atom is -0.386 e. The Morgan fingerprint density at radius 2 is 1.81 bits per heavy atom. The molecule has 2 atom stereocenters. The van der Waals surface area contributed by atoms with Crippen molar-refractivity contribution in [3.63, 3.8) is 0 Å². The lowest BCUT2D eigenvalue weighted by molar-refractivity contribution is -0.135. The molecule has 8 heteroatoms. The van der Waals surface area contributed by atoms with Gasteiger partial charge in [-0.1, -0.05) is 29.8 Å². The first-order valence-electron chi connectivity index (χ1n) is 11.3. The zero-order valence-corrected chi connectivity index (χ0v) is 21.4. The molecule has 2 saturated heterocycles. The van der Waals surface area contributed by atoms with Crippen LogP contribution in [0.25, 0.3) is 0 Å². The topological polar surface area (TPSA) is 71.4 Å². The average molecular weight is 543 g/mol. The van der Waals surface area contributed by atoms with Crippen LogP contribution in [0.5, 0.6) is 0 Å². The summed E-state index contributed by atoms with van der Waals surface area (Å²) in [7, 11) is 0. The maximum atomic E-state index is 12.7. The van der Waals surface area contributed by atoms with E-state index in [9.17, 15) is 9.90 Å². The van der Waals surface area contributed by atoms with Gasteiger partial charge in [0.05, 0.1) is 18.7 Å². The van der Waals surface area contributed by atoms with Crippen molar-refractivity contribution < 1.29 is 9.90 Å². The zero-order valence-electron chi connectivity index (χ0n) is 19.1. The number of aliphatic imine (C=N–C) groups is 1. The Hall–Kier alpha value is -1.39. The maximum absolute atomic E-state index is 12.7. The van der Waals surface area contributed by atoms with Crippen LogP contribution in [0, 0.1) is 6.92 Å². The number of nitrogens with zero attached hydrogens (tertiary/aromatic N) is 4. The predicted molar refractivity (Wildman–Crippen MR) is 136 cm³/mol. The highest BCUT2D eigenvalue weighted by Crippen LogP contribution is 2.16. The van der Waals surface area contributed by atoms with Gasteiger partial charge in [-0.05, 0) is 39.2 Å². The molecule has 31 heavy (non-hydrogen) atoms. The highest BCUT2D eigenvalue weighted by Gasteiger charge is 2.30. The van der Waals surface area contributed by atoms with E-state index in [4.69, 9.17) is 4.99 Å². The molecule has 0 bridgehead atoms. The number of amides is 1. The highest BCUT2D eigenvalue weighted by atomic mass is 127. The van der Waals surface area contributed by atoms with Crippen molar-refractivity contribution in [3.05, 3.63) is 35.4 Å². The molecular formula is C23H38IN5O2. The third-order valence-electron chi connectivity index (χ3n) is 6.11. The Kier molecular flexibility index (Phi) is 10.5. The second kappa shape index (κ2) is 12.6. The number of carbonyl (C=O) groups excluding carboxylic acids is 1. The van der Waals surface area contributed by atoms with Crippen molar-refractivity contribution >= 4 is 35.8 Å². The molecular weight excluding hydrogens is 505 g/mol. The first-order valence-corrected chi connectivity index (χ1v) is 11.3. The van der Waals surface area contributed by atoms with Crippen molar-refractivity contribution in [1.29, 1.82) is 0 Å². The number of carbonyl (C=O) groups is 1. The monoisotopic (exact) mass is 543 g/mol. The summed E-state index contributed by atoms with van der Waals surface area (Å²) in [6, 6.07) is 7.88. The summed E-state index contributed by atoms with van der Waals surface area (Å²) in [5.74, 6) is 1.10. The van der Waals surface area contributed by atoms with Gasteiger partial charge in [-0.25, -0.2) is 0 Å². The van der Waals surface area contributed by atoms with E-state index < -0.39 is 6.10 Å². The summed E-state index contributed by atoms with van der Waals surface area (Å²) in [5, 5.41) is 13.9. The molecule has 0 radical (unpaired) electrons. The Balaban J connectivity index is 0.00000341. The number of rotatable bonds is 6. The molecule has 2 N–H and O–H groups in total. The number of halogens is 1. The standard InChI is InChI=1S/C23H37N5O2.HI/c1-4-24-23(25-17-21(29)20-9-7-8-18(2)16-20)28-14-12-26(13-15-28)19(3)22(30)27-10-5-6-11-27;/h7-9,16,19,21,29H,4-6,10-15,17H2,1-3H3,(H,24,25);1H. The third kappa shape index (κ3) is 7.05. The van der Waals surface area contributed by atoms with E-state index in [0.29, 0.717) is 6.54 Å². The van der Waals surface area contributed by atoms with Gasteiger partial charge >= 0.3 is 0 Å². The molecule has 0 aromatic heterocycles. The van der Waals surface area contributed by atoms with Crippen LogP contribution in [0.2, 0.25) is 0 Å². The first-order chi connectivity index (χ1) is 14.5. The normalized spacial score (nSPS) is 19.7. The summed E-state index contributed by atoms with van der Waals surface area (Å²) in [4.78, 5) is 23.9. The minimum atomic E-state index is -0.613. The first kappa shape index (κ1) is 25.9. The van der Waals surface area contributed by atoms with Gasteiger partial charge in [0.15, 0.2) is 5.96 Å². The predicted octanol–water partition coefficient (Wildman–Crippen LogP) is 2.24. The van der Waals surface area contributed by atoms with Crippen LogP contribution >= 0.6 is 24.0 Å². The lowest BCUT2D eigenvalue weighted by Gasteiger charge is -2.39. The highest BCUT2D eigenvalue weighted by molar-refractivity contribution is 14.0. The van der Waals surface area contributed by atoms with E-state index in [1.54, 1.807) is 0 Å². The molecule has 2 aliphatic rings. The van der Waals surface area contributed by atoms with E-state index in [2.05, 4.69) is 22.0 Å². The van der Waals surface area contributed by atoms with Crippen LogP contribution in [0.1, 0.15) is 43.9 Å². The Morgan fingerprint density at radius 3 is 2.42 bits per heavy atom. The van der Waals surface area contributed by atoms with Crippen molar-refractivity contribution in [2.45, 2.75) is 45.8 Å². The van der Waals surface area contributed by atoms with Crippen LogP contribution in [0.15, 0.2) is 29.3 Å². The van der Waals surface area contributed by atoms with Gasteiger partial charge in [0.1, 0.15) is 0 Å². The van der Waals surface area contributed by atoms with E-state index >= 15 is 0 Å². The number of guanidine groups is 1. The maximum Gasteiger partial charge on any atom is 0.239 e. The van der Waals surface area contributed by atoms with E-state index in [0.717, 1.165) is 75.7 Å². The molecule has 3 rings (SSSR count). The third-order valence-corrected chi connectivity index (χ3v) is 6.11. The fourth-order valence-corrected chi connectivity index (χ4v) is 4.26. The second-order valence-electron chi connectivity index (χ2n) is 8.36. The van der Waals surface area contributed by atoms with Crippen molar-refractivity contribution in [3.8, 4) is 0 Å². The molecule has 1 aromatic rings. The Bertz CT molecular complexity index is 730.